The topological polar surface area (TPSA) is 37.3 Å². The quantitative estimate of drug-likeness (QED) is 0.651. The number of Topliss-reactive ketones (excluding diaryl/α,β-unsaturated/α-hetero) is 1. The average molecular weight is 346 g/mol. The number of carbonyl (C=O) groups is 1. The first kappa shape index (κ1) is 19.4. The van der Waals surface area contributed by atoms with Crippen LogP contribution in [0.3, 0.4) is 0 Å². The van der Waals surface area contributed by atoms with Crippen molar-refractivity contribution < 1.29 is 40.6 Å². The predicted octanol–water partition coefficient (Wildman–Crippen LogP) is 4.32. The van der Waals surface area contributed by atoms with E-state index in [0.717, 1.165) is 24.3 Å². The molecule has 0 spiro atoms. The number of carbonyl (C=O) groups excluding carboxylic acids is 1. The number of benzene rings is 1. The summed E-state index contributed by atoms with van der Waals surface area (Å²) >= 11 is 0. The first-order valence-electron chi connectivity index (χ1n) is 6.28. The molecule has 2 nitrogen and oxygen atoms in total. The molecule has 1 unspecified atom stereocenters. The first-order chi connectivity index (χ1) is 10.1. The normalized spacial score (nSPS) is 16.1. The molecule has 9 heteroatoms. The van der Waals surface area contributed by atoms with Crippen molar-refractivity contribution in [2.24, 2.45) is 0 Å². The fourth-order valence-electron chi connectivity index (χ4n) is 2.00. The van der Waals surface area contributed by atoms with Crippen molar-refractivity contribution in [1.29, 1.82) is 0 Å². The number of rotatable bonds is 4. The number of hydrogen-bond donors (Lipinski definition) is 1. The van der Waals surface area contributed by atoms with Gasteiger partial charge in [0.1, 0.15) is 0 Å². The van der Waals surface area contributed by atoms with Crippen molar-refractivity contribution in [3.8, 4) is 0 Å². The Morgan fingerprint density at radius 3 is 1.65 bits per heavy atom. The van der Waals surface area contributed by atoms with Crippen LogP contribution in [-0.4, -0.2) is 28.9 Å². The summed E-state index contributed by atoms with van der Waals surface area (Å²) in [5.74, 6) is -0.387. The van der Waals surface area contributed by atoms with Crippen molar-refractivity contribution >= 4 is 5.78 Å². The molecule has 0 saturated heterocycles. The van der Waals surface area contributed by atoms with E-state index in [1.54, 1.807) is 0 Å². The highest BCUT2D eigenvalue weighted by Gasteiger charge is 2.73. The van der Waals surface area contributed by atoms with Gasteiger partial charge >= 0.3 is 18.0 Å². The number of aliphatic hydroxyl groups is 1. The number of hydrogen-bond acceptors (Lipinski definition) is 2. The molecule has 1 N–H and O–H groups in total. The Morgan fingerprint density at radius 1 is 0.957 bits per heavy atom. The van der Waals surface area contributed by atoms with Gasteiger partial charge in [0.05, 0.1) is 5.60 Å². The van der Waals surface area contributed by atoms with Crippen LogP contribution in [0.1, 0.15) is 36.2 Å². The van der Waals surface area contributed by atoms with Crippen LogP contribution < -0.4 is 0 Å². The zero-order chi connectivity index (χ0) is 18.3. The van der Waals surface area contributed by atoms with E-state index in [1.807, 2.05) is 0 Å². The largest absolute Gasteiger partial charge is 0.431 e. The van der Waals surface area contributed by atoms with Crippen LogP contribution in [0.4, 0.5) is 30.7 Å². The minimum Gasteiger partial charge on any atom is -0.385 e. The van der Waals surface area contributed by atoms with Crippen molar-refractivity contribution in [3.63, 3.8) is 0 Å². The predicted molar refractivity (Wildman–Crippen MR) is 66.6 cm³/mol. The summed E-state index contributed by atoms with van der Waals surface area (Å²) in [4.78, 5) is 11.1. The summed E-state index contributed by atoms with van der Waals surface area (Å²) in [5.41, 5.74) is -8.56. The molecule has 1 rings (SSSR count). The van der Waals surface area contributed by atoms with Crippen LogP contribution in [0.15, 0.2) is 24.3 Å². The lowest BCUT2D eigenvalue weighted by Crippen LogP contribution is -2.56. The maximum atomic E-state index is 13.7. The summed E-state index contributed by atoms with van der Waals surface area (Å²) in [6.45, 7) is 1.84. The molecule has 0 amide bonds. The SMILES string of the molecule is CC(=O)c1ccc(C(C)(O)CC(F)(C(F)(F)F)C(F)(F)F)cc1. The van der Waals surface area contributed by atoms with E-state index in [1.165, 1.54) is 6.92 Å². The molecular weight excluding hydrogens is 333 g/mol. The molecule has 1 atom stereocenters. The number of halogens is 7. The molecule has 130 valence electrons. The molecular formula is C14H13F7O2. The molecule has 0 aromatic heterocycles. The maximum absolute atomic E-state index is 13.7. The Balaban J connectivity index is 3.24. The van der Waals surface area contributed by atoms with Gasteiger partial charge in [0.25, 0.3) is 0 Å². The average Bonchev–Trinajstić information content (AvgIpc) is 2.35. The highest BCUT2D eigenvalue weighted by molar-refractivity contribution is 5.94. The molecule has 1 aromatic rings. The molecule has 0 saturated carbocycles. The van der Waals surface area contributed by atoms with E-state index >= 15 is 0 Å². The molecule has 23 heavy (non-hydrogen) atoms. The van der Waals surface area contributed by atoms with Gasteiger partial charge in [0.2, 0.25) is 0 Å². The van der Waals surface area contributed by atoms with Gasteiger partial charge in [0, 0.05) is 12.0 Å². The summed E-state index contributed by atoms with van der Waals surface area (Å²) in [5, 5.41) is 9.95. The van der Waals surface area contributed by atoms with Gasteiger partial charge in [-0.2, -0.15) is 26.3 Å². The standard InChI is InChI=1S/C14H13F7O2/c1-8(22)9-3-5-10(6-4-9)11(2,23)7-12(15,13(16,17)18)14(19,20)21/h3-6,23H,7H2,1-2H3. The fraction of sp³-hybridized carbons (Fsp3) is 0.500. The van der Waals surface area contributed by atoms with Crippen LogP contribution in [-0.2, 0) is 5.60 Å². The molecule has 1 aromatic carbocycles. The van der Waals surface area contributed by atoms with E-state index < -0.39 is 30.0 Å². The van der Waals surface area contributed by atoms with E-state index in [2.05, 4.69) is 0 Å². The Labute approximate surface area is 126 Å². The molecule has 0 fully saturated rings. The van der Waals surface area contributed by atoms with Crippen LogP contribution in [0.5, 0.6) is 0 Å². The monoisotopic (exact) mass is 346 g/mol. The zero-order valence-corrected chi connectivity index (χ0v) is 12.0. The Bertz CT molecular complexity index is 556. The van der Waals surface area contributed by atoms with E-state index in [-0.39, 0.29) is 16.9 Å². The zero-order valence-electron chi connectivity index (χ0n) is 12.0. The van der Waals surface area contributed by atoms with Gasteiger partial charge in [-0.25, -0.2) is 4.39 Å². The van der Waals surface area contributed by atoms with E-state index in [9.17, 15) is 40.6 Å². The van der Waals surface area contributed by atoms with Gasteiger partial charge in [-0.15, -0.1) is 0 Å². The minimum absolute atomic E-state index is 0.141. The van der Waals surface area contributed by atoms with Gasteiger partial charge in [-0.05, 0) is 19.4 Å². The summed E-state index contributed by atoms with van der Waals surface area (Å²) < 4.78 is 89.1. The van der Waals surface area contributed by atoms with Crippen LogP contribution >= 0.6 is 0 Å². The second kappa shape index (κ2) is 5.77. The van der Waals surface area contributed by atoms with E-state index in [4.69, 9.17) is 0 Å². The smallest absolute Gasteiger partial charge is 0.385 e. The number of ketones is 1. The maximum Gasteiger partial charge on any atom is 0.431 e. The van der Waals surface area contributed by atoms with Gasteiger partial charge in [-0.3, -0.25) is 4.79 Å². The fourth-order valence-corrected chi connectivity index (χ4v) is 2.00. The van der Waals surface area contributed by atoms with Crippen LogP contribution in [0, 0.1) is 0 Å². The summed E-state index contributed by atoms with van der Waals surface area (Å²) in [6.07, 6.45) is -14.7. The lowest BCUT2D eigenvalue weighted by atomic mass is 9.83. The molecule has 0 radical (unpaired) electrons. The highest BCUT2D eigenvalue weighted by Crippen LogP contribution is 2.51. The molecule has 0 bridgehead atoms. The van der Waals surface area contributed by atoms with Crippen LogP contribution in [0.2, 0.25) is 0 Å². The van der Waals surface area contributed by atoms with Gasteiger partial charge < -0.3 is 5.11 Å². The van der Waals surface area contributed by atoms with Gasteiger partial charge in [0.15, 0.2) is 5.78 Å². The lowest BCUT2D eigenvalue weighted by molar-refractivity contribution is -0.352. The van der Waals surface area contributed by atoms with Crippen molar-refractivity contribution in [2.45, 2.75) is 43.9 Å². The number of alkyl halides is 7. The Morgan fingerprint density at radius 2 is 1.35 bits per heavy atom. The lowest BCUT2D eigenvalue weighted by Gasteiger charge is -2.36. The summed E-state index contributed by atoms with van der Waals surface area (Å²) in [6, 6.07) is 4.19. The van der Waals surface area contributed by atoms with Crippen molar-refractivity contribution in [1.82, 2.24) is 0 Å². The highest BCUT2D eigenvalue weighted by atomic mass is 19.4. The Hall–Kier alpha value is -1.64. The van der Waals surface area contributed by atoms with Gasteiger partial charge in [-0.1, -0.05) is 24.3 Å². The first-order valence-corrected chi connectivity index (χ1v) is 6.28. The molecule has 0 aliphatic rings. The summed E-state index contributed by atoms with van der Waals surface area (Å²) in [7, 11) is 0. The van der Waals surface area contributed by atoms with E-state index in [0.29, 0.717) is 6.92 Å². The molecule has 0 heterocycles. The second-order valence-corrected chi connectivity index (χ2v) is 5.38. The third-order valence-electron chi connectivity index (χ3n) is 3.40. The molecule has 0 aliphatic heterocycles. The molecule has 0 aliphatic carbocycles. The minimum atomic E-state index is -6.24. The van der Waals surface area contributed by atoms with Crippen molar-refractivity contribution in [3.05, 3.63) is 35.4 Å². The Kier molecular flexibility index (Phi) is 4.87. The third-order valence-corrected chi connectivity index (χ3v) is 3.40. The van der Waals surface area contributed by atoms with Crippen molar-refractivity contribution in [2.75, 3.05) is 0 Å². The third kappa shape index (κ3) is 3.82. The second-order valence-electron chi connectivity index (χ2n) is 5.38. The van der Waals surface area contributed by atoms with Crippen LogP contribution in [0.25, 0.3) is 0 Å².